The zero-order valence-corrected chi connectivity index (χ0v) is 8.97. The van der Waals surface area contributed by atoms with Crippen LogP contribution in [0.3, 0.4) is 0 Å². The van der Waals surface area contributed by atoms with E-state index in [1.807, 2.05) is 4.90 Å². The monoisotopic (exact) mass is 197 g/mol. The quantitative estimate of drug-likeness (QED) is 0.644. The van der Waals surface area contributed by atoms with E-state index in [9.17, 15) is 4.79 Å². The molecule has 0 spiro atoms. The van der Waals surface area contributed by atoms with Gasteiger partial charge in [0.2, 0.25) is 0 Å². The third kappa shape index (κ3) is 2.38. The molecule has 2 amide bonds. The molecule has 1 heterocycles. The Morgan fingerprint density at radius 1 is 1.50 bits per heavy atom. The SMILES string of the molecule is CC1(C)CN(C(=O)NC2CC2)CCN1. The van der Waals surface area contributed by atoms with Gasteiger partial charge in [-0.2, -0.15) is 0 Å². The fourth-order valence-electron chi connectivity index (χ4n) is 1.81. The van der Waals surface area contributed by atoms with Crippen LogP contribution in [0, 0.1) is 0 Å². The van der Waals surface area contributed by atoms with Crippen molar-refractivity contribution in [2.45, 2.75) is 38.3 Å². The molecule has 4 heteroatoms. The lowest BCUT2D eigenvalue weighted by Crippen LogP contribution is -2.60. The molecule has 1 aliphatic carbocycles. The Kier molecular flexibility index (Phi) is 2.39. The molecule has 14 heavy (non-hydrogen) atoms. The number of nitrogens with one attached hydrogen (secondary N) is 2. The van der Waals surface area contributed by atoms with Crippen molar-refractivity contribution in [3.63, 3.8) is 0 Å². The van der Waals surface area contributed by atoms with E-state index in [-0.39, 0.29) is 11.6 Å². The van der Waals surface area contributed by atoms with E-state index >= 15 is 0 Å². The second-order valence-electron chi connectivity index (χ2n) is 4.96. The second-order valence-corrected chi connectivity index (χ2v) is 4.96. The maximum Gasteiger partial charge on any atom is 0.317 e. The first-order valence-corrected chi connectivity index (χ1v) is 5.37. The number of hydrogen-bond donors (Lipinski definition) is 2. The van der Waals surface area contributed by atoms with Crippen LogP contribution in [0.2, 0.25) is 0 Å². The van der Waals surface area contributed by atoms with Crippen molar-refractivity contribution in [2.24, 2.45) is 0 Å². The van der Waals surface area contributed by atoms with Gasteiger partial charge in [0.05, 0.1) is 0 Å². The van der Waals surface area contributed by atoms with Gasteiger partial charge in [-0.25, -0.2) is 4.79 Å². The fourth-order valence-corrected chi connectivity index (χ4v) is 1.81. The van der Waals surface area contributed by atoms with Gasteiger partial charge in [0.15, 0.2) is 0 Å². The molecular formula is C10H19N3O. The van der Waals surface area contributed by atoms with Gasteiger partial charge in [-0.05, 0) is 26.7 Å². The molecule has 4 nitrogen and oxygen atoms in total. The minimum Gasteiger partial charge on any atom is -0.335 e. The Hall–Kier alpha value is -0.770. The standard InChI is InChI=1S/C10H19N3O/c1-10(2)7-13(6-5-11-10)9(14)12-8-3-4-8/h8,11H,3-7H2,1-2H3,(H,12,14). The lowest BCUT2D eigenvalue weighted by Gasteiger charge is -2.39. The molecule has 1 aliphatic heterocycles. The summed E-state index contributed by atoms with van der Waals surface area (Å²) in [5, 5.41) is 6.41. The average Bonchev–Trinajstić information content (AvgIpc) is 2.86. The largest absolute Gasteiger partial charge is 0.335 e. The predicted octanol–water partition coefficient (Wildman–Crippen LogP) is 0.542. The minimum absolute atomic E-state index is 0.0547. The zero-order valence-electron chi connectivity index (χ0n) is 8.97. The normalized spacial score (nSPS) is 26.0. The van der Waals surface area contributed by atoms with E-state index in [0.29, 0.717) is 6.04 Å². The van der Waals surface area contributed by atoms with Gasteiger partial charge < -0.3 is 15.5 Å². The van der Waals surface area contributed by atoms with Gasteiger partial charge in [0, 0.05) is 31.2 Å². The van der Waals surface area contributed by atoms with Crippen molar-refractivity contribution in [1.82, 2.24) is 15.5 Å². The molecule has 0 unspecified atom stereocenters. The third-order valence-electron chi connectivity index (χ3n) is 2.76. The van der Waals surface area contributed by atoms with Crippen LogP contribution in [-0.4, -0.2) is 42.1 Å². The van der Waals surface area contributed by atoms with Crippen molar-refractivity contribution in [2.75, 3.05) is 19.6 Å². The molecule has 2 N–H and O–H groups in total. The first-order valence-electron chi connectivity index (χ1n) is 5.37. The third-order valence-corrected chi connectivity index (χ3v) is 2.76. The van der Waals surface area contributed by atoms with Gasteiger partial charge in [0.1, 0.15) is 0 Å². The summed E-state index contributed by atoms with van der Waals surface area (Å²) < 4.78 is 0. The number of piperazine rings is 1. The van der Waals surface area contributed by atoms with Crippen LogP contribution in [0.25, 0.3) is 0 Å². The minimum atomic E-state index is 0.0547. The number of rotatable bonds is 1. The molecule has 80 valence electrons. The van der Waals surface area contributed by atoms with Crippen LogP contribution in [-0.2, 0) is 0 Å². The van der Waals surface area contributed by atoms with Gasteiger partial charge in [0.25, 0.3) is 0 Å². The summed E-state index contributed by atoms with van der Waals surface area (Å²) in [6.45, 7) is 6.77. The van der Waals surface area contributed by atoms with Gasteiger partial charge in [-0.1, -0.05) is 0 Å². The van der Waals surface area contributed by atoms with Crippen LogP contribution < -0.4 is 10.6 Å². The van der Waals surface area contributed by atoms with Crippen molar-refractivity contribution in [3.05, 3.63) is 0 Å². The molecular weight excluding hydrogens is 178 g/mol. The van der Waals surface area contributed by atoms with E-state index in [1.54, 1.807) is 0 Å². The van der Waals surface area contributed by atoms with Crippen LogP contribution in [0.15, 0.2) is 0 Å². The maximum absolute atomic E-state index is 11.7. The Bertz CT molecular complexity index is 236. The van der Waals surface area contributed by atoms with Crippen LogP contribution in [0.1, 0.15) is 26.7 Å². The summed E-state index contributed by atoms with van der Waals surface area (Å²) in [6.07, 6.45) is 2.31. The van der Waals surface area contributed by atoms with E-state index < -0.39 is 0 Å². The fraction of sp³-hybridized carbons (Fsp3) is 0.900. The summed E-state index contributed by atoms with van der Waals surface area (Å²) in [7, 11) is 0. The Labute approximate surface area is 85.0 Å². The topological polar surface area (TPSA) is 44.4 Å². The molecule has 1 saturated carbocycles. The van der Waals surface area contributed by atoms with Crippen molar-refractivity contribution in [1.29, 1.82) is 0 Å². The molecule has 1 saturated heterocycles. The van der Waals surface area contributed by atoms with Gasteiger partial charge >= 0.3 is 6.03 Å². The lowest BCUT2D eigenvalue weighted by molar-refractivity contribution is 0.154. The highest BCUT2D eigenvalue weighted by atomic mass is 16.2. The molecule has 2 aliphatic rings. The van der Waals surface area contributed by atoms with Crippen LogP contribution in [0.4, 0.5) is 4.79 Å². The van der Waals surface area contributed by atoms with Crippen molar-refractivity contribution >= 4 is 6.03 Å². The first kappa shape index (κ1) is 9.77. The molecule has 0 radical (unpaired) electrons. The maximum atomic E-state index is 11.7. The summed E-state index contributed by atoms with van der Waals surface area (Å²) in [5.74, 6) is 0. The number of nitrogens with zero attached hydrogens (tertiary/aromatic N) is 1. The summed E-state index contributed by atoms with van der Waals surface area (Å²) in [5.41, 5.74) is 0.0547. The highest BCUT2D eigenvalue weighted by Crippen LogP contribution is 2.19. The number of carbonyl (C=O) groups is 1. The summed E-state index contributed by atoms with van der Waals surface area (Å²) in [4.78, 5) is 13.6. The smallest absolute Gasteiger partial charge is 0.317 e. The Morgan fingerprint density at radius 3 is 2.79 bits per heavy atom. The molecule has 2 rings (SSSR count). The van der Waals surface area contributed by atoms with E-state index in [0.717, 1.165) is 32.5 Å². The van der Waals surface area contributed by atoms with Crippen molar-refractivity contribution in [3.8, 4) is 0 Å². The second kappa shape index (κ2) is 3.42. The highest BCUT2D eigenvalue weighted by molar-refractivity contribution is 5.75. The van der Waals surface area contributed by atoms with Gasteiger partial charge in [-0.15, -0.1) is 0 Å². The zero-order chi connectivity index (χ0) is 10.2. The number of amides is 2. The van der Waals surface area contributed by atoms with Crippen molar-refractivity contribution < 1.29 is 4.79 Å². The van der Waals surface area contributed by atoms with E-state index in [1.165, 1.54) is 0 Å². The number of carbonyl (C=O) groups excluding carboxylic acids is 1. The number of hydrogen-bond acceptors (Lipinski definition) is 2. The van der Waals surface area contributed by atoms with Crippen LogP contribution in [0.5, 0.6) is 0 Å². The molecule has 0 bridgehead atoms. The molecule has 0 atom stereocenters. The summed E-state index contributed by atoms with van der Waals surface area (Å²) >= 11 is 0. The van der Waals surface area contributed by atoms with E-state index in [4.69, 9.17) is 0 Å². The molecule has 2 fully saturated rings. The summed E-state index contributed by atoms with van der Waals surface area (Å²) in [6, 6.07) is 0.572. The van der Waals surface area contributed by atoms with Gasteiger partial charge in [-0.3, -0.25) is 0 Å². The average molecular weight is 197 g/mol. The Balaban J connectivity index is 1.86. The Morgan fingerprint density at radius 2 is 2.21 bits per heavy atom. The lowest BCUT2D eigenvalue weighted by atomic mass is 10.0. The molecule has 0 aromatic rings. The molecule has 0 aromatic carbocycles. The number of urea groups is 1. The highest BCUT2D eigenvalue weighted by Gasteiger charge is 2.31. The first-order chi connectivity index (χ1) is 6.57. The predicted molar refractivity (Wildman–Crippen MR) is 55.2 cm³/mol. The van der Waals surface area contributed by atoms with E-state index in [2.05, 4.69) is 24.5 Å². The molecule has 0 aromatic heterocycles. The van der Waals surface area contributed by atoms with Crippen LogP contribution >= 0.6 is 0 Å².